The molecule has 0 saturated heterocycles. The van der Waals surface area contributed by atoms with Gasteiger partial charge in [0.1, 0.15) is 0 Å². The fourth-order valence-corrected chi connectivity index (χ4v) is 0.856. The van der Waals surface area contributed by atoms with Crippen LogP contribution in [0.25, 0.3) is 0 Å². The SMILES string of the molecule is C1=CCCC=CCC1.O=[C]=[Co]. The molecule has 0 saturated carbocycles. The summed E-state index contributed by atoms with van der Waals surface area (Å²) in [6.07, 6.45) is 14.0. The molecule has 1 rings (SSSR count). The van der Waals surface area contributed by atoms with Gasteiger partial charge in [0.25, 0.3) is 0 Å². The molecule has 0 fully saturated rings. The topological polar surface area (TPSA) is 17.1 Å². The van der Waals surface area contributed by atoms with Gasteiger partial charge in [0, 0.05) is 0 Å². The van der Waals surface area contributed by atoms with Crippen LogP contribution in [-0.4, -0.2) is 4.82 Å². The summed E-state index contributed by atoms with van der Waals surface area (Å²) in [6.45, 7) is 0. The summed E-state index contributed by atoms with van der Waals surface area (Å²) >= 11 is 3.02. The van der Waals surface area contributed by atoms with Crippen molar-refractivity contribution in [2.75, 3.05) is 0 Å². The minimum absolute atomic E-state index is 1.19. The summed E-state index contributed by atoms with van der Waals surface area (Å²) in [7, 11) is 0. The predicted molar refractivity (Wildman–Crippen MR) is 42.4 cm³/mol. The van der Waals surface area contributed by atoms with Crippen molar-refractivity contribution in [3.63, 3.8) is 0 Å². The van der Waals surface area contributed by atoms with E-state index in [1.165, 1.54) is 30.5 Å². The van der Waals surface area contributed by atoms with E-state index in [1.54, 1.807) is 0 Å². The molecule has 0 radical (unpaired) electrons. The molecule has 0 aromatic rings. The third-order valence-corrected chi connectivity index (χ3v) is 1.33. The van der Waals surface area contributed by atoms with Crippen molar-refractivity contribution < 1.29 is 20.1 Å². The van der Waals surface area contributed by atoms with E-state index in [0.29, 0.717) is 0 Å². The van der Waals surface area contributed by atoms with E-state index in [4.69, 9.17) is 4.79 Å². The Hall–Kier alpha value is -0.434. The van der Waals surface area contributed by atoms with Gasteiger partial charge in [0.05, 0.1) is 0 Å². The minimum atomic E-state index is 1.19. The van der Waals surface area contributed by atoms with Crippen LogP contribution in [0.3, 0.4) is 0 Å². The number of rotatable bonds is 0. The second-order valence-corrected chi connectivity index (χ2v) is 2.38. The summed E-state index contributed by atoms with van der Waals surface area (Å²) in [5.41, 5.74) is 0. The van der Waals surface area contributed by atoms with Crippen LogP contribution in [0.5, 0.6) is 0 Å². The fraction of sp³-hybridized carbons (Fsp3) is 0.444. The van der Waals surface area contributed by atoms with E-state index < -0.39 is 0 Å². The Kier molecular flexibility index (Phi) is 9.19. The fourth-order valence-electron chi connectivity index (χ4n) is 0.856. The van der Waals surface area contributed by atoms with Gasteiger partial charge in [0.2, 0.25) is 0 Å². The van der Waals surface area contributed by atoms with E-state index in [2.05, 4.69) is 39.6 Å². The van der Waals surface area contributed by atoms with Gasteiger partial charge in [-0.15, -0.1) is 0 Å². The van der Waals surface area contributed by atoms with Crippen LogP contribution < -0.4 is 0 Å². The first kappa shape index (κ1) is 10.6. The maximum atomic E-state index is 8.54. The summed E-state index contributed by atoms with van der Waals surface area (Å²) < 4.78 is 0. The maximum absolute atomic E-state index is 8.54. The van der Waals surface area contributed by atoms with Crippen LogP contribution in [0.1, 0.15) is 25.7 Å². The monoisotopic (exact) mass is 195 g/mol. The van der Waals surface area contributed by atoms with Crippen molar-refractivity contribution in [2.45, 2.75) is 25.7 Å². The number of carbonyl (C=O) groups excluding carboxylic acids is 1. The van der Waals surface area contributed by atoms with Gasteiger partial charge >= 0.3 is 24.9 Å². The molecule has 0 heterocycles. The molecule has 1 nitrogen and oxygen atoms in total. The van der Waals surface area contributed by atoms with Gasteiger partial charge in [-0.2, -0.15) is 0 Å². The summed E-state index contributed by atoms with van der Waals surface area (Å²) in [4.78, 5) is 9.73. The molecule has 0 aromatic heterocycles. The van der Waals surface area contributed by atoms with Gasteiger partial charge in [-0.3, -0.25) is 0 Å². The van der Waals surface area contributed by atoms with E-state index in [-0.39, 0.29) is 0 Å². The second kappa shape index (κ2) is 9.57. The Morgan fingerprint density at radius 2 is 1.09 bits per heavy atom. The van der Waals surface area contributed by atoms with Crippen LogP contribution in [-0.2, 0) is 20.1 Å². The first-order chi connectivity index (χ1) is 5.41. The number of allylic oxidation sites excluding steroid dienone is 4. The number of hydrogen-bond donors (Lipinski definition) is 0. The normalized spacial score (nSPS) is 15.4. The zero-order valence-corrected chi connectivity index (χ0v) is 7.42. The van der Waals surface area contributed by atoms with Crippen molar-refractivity contribution in [1.82, 2.24) is 0 Å². The summed E-state index contributed by atoms with van der Waals surface area (Å²) in [5.74, 6) is 0. The van der Waals surface area contributed by atoms with Crippen LogP contribution in [0.2, 0.25) is 0 Å². The molecule has 0 atom stereocenters. The average molecular weight is 195 g/mol. The molecular weight excluding hydrogens is 183 g/mol. The molecule has 1 aliphatic carbocycles. The Balaban J connectivity index is 0.000000292. The standard InChI is InChI=1S/C8H12.CO.Co/c1-2-4-6-8-7-5-3-1;1-2;/h1-2,7-8H,3-6H2;;. The molecule has 0 unspecified atom stereocenters. The van der Waals surface area contributed by atoms with Crippen molar-refractivity contribution >= 4 is 4.82 Å². The van der Waals surface area contributed by atoms with Gasteiger partial charge in [0.15, 0.2) is 0 Å². The molecule has 0 aliphatic heterocycles. The zero-order valence-electron chi connectivity index (χ0n) is 6.38. The summed E-state index contributed by atoms with van der Waals surface area (Å²) in [6, 6.07) is 0. The first-order valence-corrected chi connectivity index (χ1v) is 4.19. The van der Waals surface area contributed by atoms with E-state index in [1.807, 2.05) is 0 Å². The molecule has 1 aliphatic rings. The molecule has 0 spiro atoms. The second-order valence-electron chi connectivity index (χ2n) is 2.17. The van der Waals surface area contributed by atoms with Crippen molar-refractivity contribution in [3.8, 4) is 0 Å². The van der Waals surface area contributed by atoms with Crippen LogP contribution >= 0.6 is 0 Å². The van der Waals surface area contributed by atoms with Crippen LogP contribution in [0.15, 0.2) is 24.3 Å². The van der Waals surface area contributed by atoms with Gasteiger partial charge in [-0.05, 0) is 25.7 Å². The van der Waals surface area contributed by atoms with Crippen LogP contribution in [0, 0.1) is 0 Å². The molecule has 2 heteroatoms. The molecule has 0 bridgehead atoms. The molecule has 63 valence electrons. The van der Waals surface area contributed by atoms with E-state index in [9.17, 15) is 0 Å². The van der Waals surface area contributed by atoms with Gasteiger partial charge < -0.3 is 0 Å². The molecule has 11 heavy (non-hydrogen) atoms. The third-order valence-electron chi connectivity index (χ3n) is 1.33. The van der Waals surface area contributed by atoms with E-state index in [0.717, 1.165) is 0 Å². The van der Waals surface area contributed by atoms with Gasteiger partial charge in [-0.25, -0.2) is 0 Å². The molecule has 0 amide bonds. The predicted octanol–water partition coefficient (Wildman–Crippen LogP) is 2.27. The molecule has 0 N–H and O–H groups in total. The average Bonchev–Trinajstić information content (AvgIpc) is 1.86. The van der Waals surface area contributed by atoms with Crippen molar-refractivity contribution in [1.29, 1.82) is 0 Å². The van der Waals surface area contributed by atoms with Crippen molar-refractivity contribution in [3.05, 3.63) is 24.3 Å². The first-order valence-electron chi connectivity index (χ1n) is 3.67. The van der Waals surface area contributed by atoms with E-state index >= 15 is 0 Å². The molecule has 0 aromatic carbocycles. The third kappa shape index (κ3) is 9.57. The summed E-state index contributed by atoms with van der Waals surface area (Å²) in [5, 5.41) is 0. The van der Waals surface area contributed by atoms with Crippen molar-refractivity contribution in [2.24, 2.45) is 0 Å². The Morgan fingerprint density at radius 3 is 1.27 bits per heavy atom. The number of hydrogen-bond acceptors (Lipinski definition) is 1. The Bertz CT molecular complexity index is 138. The van der Waals surface area contributed by atoms with Gasteiger partial charge in [-0.1, -0.05) is 24.3 Å². The van der Waals surface area contributed by atoms with Crippen LogP contribution in [0.4, 0.5) is 0 Å². The zero-order chi connectivity index (χ0) is 8.36. The Labute approximate surface area is 75.3 Å². The quantitative estimate of drug-likeness (QED) is 0.542. The molecular formula is C9H12CoO. The Morgan fingerprint density at radius 1 is 0.909 bits per heavy atom.